The number of nitrogen functional groups attached to an aromatic ring is 1. The minimum Gasteiger partial charge on any atom is -0.324 e. The van der Waals surface area contributed by atoms with E-state index in [4.69, 9.17) is 5.84 Å². The largest absolute Gasteiger partial charge is 0.324 e. The Morgan fingerprint density at radius 1 is 1.35 bits per heavy atom. The maximum atomic E-state index is 11.9. The van der Waals surface area contributed by atoms with Crippen molar-refractivity contribution >= 4 is 27.5 Å². The molecule has 0 aliphatic rings. The monoisotopic (exact) mass is 275 g/mol. The van der Waals surface area contributed by atoms with Crippen molar-refractivity contribution in [1.82, 2.24) is 4.72 Å². The molecule has 1 rings (SSSR count). The number of rotatable bonds is 6. The van der Waals surface area contributed by atoms with Gasteiger partial charge in [0, 0.05) is 17.5 Å². The number of sulfonamides is 1. The van der Waals surface area contributed by atoms with Gasteiger partial charge in [0.15, 0.2) is 0 Å². The number of benzene rings is 1. The Morgan fingerprint density at radius 3 is 2.41 bits per heavy atom. The highest BCUT2D eigenvalue weighted by molar-refractivity contribution is 7.98. The fourth-order valence-electron chi connectivity index (χ4n) is 1.35. The zero-order valence-electron chi connectivity index (χ0n) is 9.80. The molecule has 0 spiro atoms. The Morgan fingerprint density at radius 2 is 1.94 bits per heavy atom. The van der Waals surface area contributed by atoms with Crippen LogP contribution in [0.25, 0.3) is 0 Å². The van der Waals surface area contributed by atoms with E-state index < -0.39 is 10.0 Å². The van der Waals surface area contributed by atoms with E-state index in [1.165, 1.54) is 12.1 Å². The predicted octanol–water partition coefficient (Wildman–Crippen LogP) is 1.00. The number of hydrogen-bond donors (Lipinski definition) is 3. The first-order chi connectivity index (χ1) is 7.99. The maximum Gasteiger partial charge on any atom is 0.240 e. The number of thioether (sulfide) groups is 1. The summed E-state index contributed by atoms with van der Waals surface area (Å²) in [6.07, 6.45) is 1.94. The molecule has 4 N–H and O–H groups in total. The molecule has 0 heterocycles. The van der Waals surface area contributed by atoms with Crippen molar-refractivity contribution in [2.75, 3.05) is 17.4 Å². The summed E-state index contributed by atoms with van der Waals surface area (Å²) in [5.41, 5.74) is 3.12. The van der Waals surface area contributed by atoms with Crippen LogP contribution in [0.4, 0.5) is 5.69 Å². The van der Waals surface area contributed by atoms with Crippen LogP contribution in [0.1, 0.15) is 6.92 Å². The molecule has 96 valence electrons. The van der Waals surface area contributed by atoms with E-state index in [9.17, 15) is 8.42 Å². The van der Waals surface area contributed by atoms with E-state index >= 15 is 0 Å². The Balaban J connectivity index is 2.82. The van der Waals surface area contributed by atoms with Gasteiger partial charge in [-0.2, -0.15) is 11.8 Å². The Bertz CT molecular complexity index is 445. The van der Waals surface area contributed by atoms with Gasteiger partial charge < -0.3 is 5.43 Å². The molecule has 0 saturated heterocycles. The Kier molecular flexibility index (Phi) is 5.26. The van der Waals surface area contributed by atoms with Crippen molar-refractivity contribution in [3.8, 4) is 0 Å². The Hall–Kier alpha value is -0.760. The molecular weight excluding hydrogens is 258 g/mol. The van der Waals surface area contributed by atoms with Gasteiger partial charge in [0.05, 0.1) is 4.90 Å². The van der Waals surface area contributed by atoms with E-state index in [-0.39, 0.29) is 10.9 Å². The van der Waals surface area contributed by atoms with Gasteiger partial charge >= 0.3 is 0 Å². The van der Waals surface area contributed by atoms with Crippen molar-refractivity contribution in [3.05, 3.63) is 24.3 Å². The molecule has 7 heteroatoms. The van der Waals surface area contributed by atoms with Crippen molar-refractivity contribution in [1.29, 1.82) is 0 Å². The van der Waals surface area contributed by atoms with E-state index in [1.54, 1.807) is 23.9 Å². The quantitative estimate of drug-likeness (QED) is 0.533. The van der Waals surface area contributed by atoms with E-state index in [2.05, 4.69) is 10.1 Å². The molecule has 1 aromatic carbocycles. The third-order valence-corrected chi connectivity index (χ3v) is 4.54. The van der Waals surface area contributed by atoms with Crippen LogP contribution in [-0.2, 0) is 10.0 Å². The second-order valence-corrected chi connectivity index (χ2v) is 6.27. The summed E-state index contributed by atoms with van der Waals surface area (Å²) in [5, 5.41) is 0. The third-order valence-electron chi connectivity index (χ3n) is 2.10. The van der Waals surface area contributed by atoms with Crippen LogP contribution < -0.4 is 16.0 Å². The van der Waals surface area contributed by atoms with Gasteiger partial charge in [0.2, 0.25) is 10.0 Å². The minimum atomic E-state index is -3.44. The summed E-state index contributed by atoms with van der Waals surface area (Å²) in [6, 6.07) is 6.18. The number of nitrogens with two attached hydrogens (primary N) is 1. The molecule has 1 atom stereocenters. The normalized spacial score (nSPS) is 13.4. The molecule has 0 fully saturated rings. The Labute approximate surface area is 106 Å². The van der Waals surface area contributed by atoms with Crippen LogP contribution in [0.5, 0.6) is 0 Å². The first kappa shape index (κ1) is 14.3. The average Bonchev–Trinajstić information content (AvgIpc) is 2.28. The topological polar surface area (TPSA) is 84.2 Å². The molecule has 0 aromatic heterocycles. The molecule has 0 amide bonds. The summed E-state index contributed by atoms with van der Waals surface area (Å²) in [7, 11) is -3.44. The lowest BCUT2D eigenvalue weighted by atomic mass is 10.3. The molecule has 5 nitrogen and oxygen atoms in total. The van der Waals surface area contributed by atoms with Gasteiger partial charge in [-0.3, -0.25) is 5.84 Å². The van der Waals surface area contributed by atoms with E-state index in [1.807, 2.05) is 13.2 Å². The first-order valence-electron chi connectivity index (χ1n) is 5.07. The lowest BCUT2D eigenvalue weighted by molar-refractivity contribution is 0.571. The second-order valence-electron chi connectivity index (χ2n) is 3.65. The van der Waals surface area contributed by atoms with E-state index in [0.29, 0.717) is 5.69 Å². The zero-order valence-corrected chi connectivity index (χ0v) is 11.4. The van der Waals surface area contributed by atoms with Crippen LogP contribution in [-0.4, -0.2) is 26.5 Å². The van der Waals surface area contributed by atoms with Crippen LogP contribution in [0.2, 0.25) is 0 Å². The van der Waals surface area contributed by atoms with Crippen molar-refractivity contribution < 1.29 is 8.42 Å². The van der Waals surface area contributed by atoms with Gasteiger partial charge in [0.1, 0.15) is 0 Å². The lowest BCUT2D eigenvalue weighted by Crippen LogP contribution is -2.34. The summed E-state index contributed by atoms with van der Waals surface area (Å²) in [4.78, 5) is 0.240. The molecule has 0 saturated carbocycles. The van der Waals surface area contributed by atoms with Gasteiger partial charge in [-0.05, 0) is 37.4 Å². The van der Waals surface area contributed by atoms with Crippen LogP contribution in [0.15, 0.2) is 29.2 Å². The fourth-order valence-corrected chi connectivity index (χ4v) is 3.28. The van der Waals surface area contributed by atoms with Gasteiger partial charge in [0.25, 0.3) is 0 Å². The molecule has 0 bridgehead atoms. The second kappa shape index (κ2) is 6.25. The standard InChI is InChI=1S/C10H17N3O2S2/c1-8(7-16-2)13-17(14,15)10-5-3-9(12-11)4-6-10/h3-6,8,12-13H,7,11H2,1-2H3. The summed E-state index contributed by atoms with van der Waals surface area (Å²) in [5.74, 6) is 5.95. The third kappa shape index (κ3) is 4.19. The van der Waals surface area contributed by atoms with Gasteiger partial charge in [-0.15, -0.1) is 0 Å². The predicted molar refractivity (Wildman–Crippen MR) is 72.4 cm³/mol. The highest BCUT2D eigenvalue weighted by atomic mass is 32.2. The SMILES string of the molecule is CSCC(C)NS(=O)(=O)c1ccc(NN)cc1. The van der Waals surface area contributed by atoms with Crippen molar-refractivity contribution in [2.24, 2.45) is 5.84 Å². The number of hydrazine groups is 1. The molecule has 1 unspecified atom stereocenters. The zero-order chi connectivity index (χ0) is 12.9. The molecule has 0 aliphatic carbocycles. The molecule has 1 aromatic rings. The molecular formula is C10H17N3O2S2. The van der Waals surface area contributed by atoms with Gasteiger partial charge in [-0.1, -0.05) is 0 Å². The number of hydrogen-bond acceptors (Lipinski definition) is 5. The summed E-state index contributed by atoms with van der Waals surface area (Å²) < 4.78 is 26.5. The highest BCUT2D eigenvalue weighted by Crippen LogP contribution is 2.13. The average molecular weight is 275 g/mol. The fraction of sp³-hybridized carbons (Fsp3) is 0.400. The van der Waals surface area contributed by atoms with Crippen LogP contribution >= 0.6 is 11.8 Å². The number of anilines is 1. The highest BCUT2D eigenvalue weighted by Gasteiger charge is 2.16. The molecule has 0 aliphatic heterocycles. The van der Waals surface area contributed by atoms with Gasteiger partial charge in [-0.25, -0.2) is 13.1 Å². The molecule has 17 heavy (non-hydrogen) atoms. The van der Waals surface area contributed by atoms with E-state index in [0.717, 1.165) is 5.75 Å². The number of nitrogens with one attached hydrogen (secondary N) is 2. The summed E-state index contributed by atoms with van der Waals surface area (Å²) in [6.45, 7) is 1.84. The van der Waals surface area contributed by atoms with Crippen LogP contribution in [0, 0.1) is 0 Å². The lowest BCUT2D eigenvalue weighted by Gasteiger charge is -2.13. The van der Waals surface area contributed by atoms with Crippen LogP contribution in [0.3, 0.4) is 0 Å². The minimum absolute atomic E-state index is 0.0951. The maximum absolute atomic E-state index is 11.9. The smallest absolute Gasteiger partial charge is 0.240 e. The van der Waals surface area contributed by atoms with Crippen molar-refractivity contribution in [2.45, 2.75) is 17.9 Å². The van der Waals surface area contributed by atoms with Crippen molar-refractivity contribution in [3.63, 3.8) is 0 Å². The first-order valence-corrected chi connectivity index (χ1v) is 7.95. The molecule has 0 radical (unpaired) electrons. The summed E-state index contributed by atoms with van der Waals surface area (Å²) >= 11 is 1.60.